The maximum atomic E-state index is 12.7. The Hall–Kier alpha value is -4.59. The van der Waals surface area contributed by atoms with Gasteiger partial charge in [-0.25, -0.2) is 0 Å². The highest BCUT2D eigenvalue weighted by atomic mass is 16.5. The summed E-state index contributed by atoms with van der Waals surface area (Å²) in [6.45, 7) is 0. The van der Waals surface area contributed by atoms with E-state index in [1.54, 1.807) is 66.0 Å². The largest absolute Gasteiger partial charge is 0.496 e. The Balaban J connectivity index is 1.95. The highest BCUT2D eigenvalue weighted by Gasteiger charge is 2.13. The van der Waals surface area contributed by atoms with E-state index in [-0.39, 0.29) is 5.78 Å². The van der Waals surface area contributed by atoms with Crippen LogP contribution in [0.4, 0.5) is 5.69 Å². The molecule has 0 fully saturated rings. The Labute approximate surface area is 217 Å². The Kier molecular flexibility index (Phi) is 9.43. The molecule has 0 aliphatic carbocycles. The SMILES string of the molecule is COc1cc(/C=C\c2cc(OC)c(OC)c(OC)c2)c(N/C=C\C(=O)c2ccccc2OC)cc1OC. The molecule has 194 valence electrons. The van der Waals surface area contributed by atoms with E-state index in [9.17, 15) is 4.79 Å². The zero-order chi connectivity index (χ0) is 26.8. The highest BCUT2D eigenvalue weighted by molar-refractivity contribution is 6.06. The van der Waals surface area contributed by atoms with E-state index in [1.807, 2.05) is 36.4 Å². The monoisotopic (exact) mass is 505 g/mol. The summed E-state index contributed by atoms with van der Waals surface area (Å²) < 4.78 is 32.5. The Morgan fingerprint density at radius 3 is 1.86 bits per heavy atom. The van der Waals surface area contributed by atoms with E-state index in [2.05, 4.69) is 5.32 Å². The molecule has 3 aromatic rings. The van der Waals surface area contributed by atoms with E-state index < -0.39 is 0 Å². The maximum Gasteiger partial charge on any atom is 0.203 e. The topological polar surface area (TPSA) is 84.5 Å². The number of ether oxygens (including phenoxy) is 6. The van der Waals surface area contributed by atoms with Crippen LogP contribution in [-0.4, -0.2) is 48.4 Å². The number of anilines is 1. The molecule has 0 spiro atoms. The lowest BCUT2D eigenvalue weighted by atomic mass is 10.1. The van der Waals surface area contributed by atoms with Crippen molar-refractivity contribution < 1.29 is 33.2 Å². The number of allylic oxidation sites excluding steroid dienone is 1. The van der Waals surface area contributed by atoms with Crippen molar-refractivity contribution in [1.82, 2.24) is 0 Å². The van der Waals surface area contributed by atoms with Gasteiger partial charge in [0.1, 0.15) is 5.75 Å². The molecule has 8 nitrogen and oxygen atoms in total. The van der Waals surface area contributed by atoms with Crippen molar-refractivity contribution in [2.24, 2.45) is 0 Å². The number of methoxy groups -OCH3 is 6. The predicted molar refractivity (Wildman–Crippen MR) is 145 cm³/mol. The summed E-state index contributed by atoms with van der Waals surface area (Å²) in [4.78, 5) is 12.7. The van der Waals surface area contributed by atoms with Crippen molar-refractivity contribution >= 4 is 23.6 Å². The van der Waals surface area contributed by atoms with Crippen molar-refractivity contribution in [2.75, 3.05) is 48.0 Å². The van der Waals surface area contributed by atoms with Gasteiger partial charge in [-0.15, -0.1) is 0 Å². The number of benzene rings is 3. The van der Waals surface area contributed by atoms with Crippen LogP contribution in [0.3, 0.4) is 0 Å². The third-order valence-electron chi connectivity index (χ3n) is 5.54. The molecule has 0 saturated heterocycles. The molecule has 0 radical (unpaired) electrons. The van der Waals surface area contributed by atoms with Crippen LogP contribution >= 0.6 is 0 Å². The zero-order valence-electron chi connectivity index (χ0n) is 21.8. The molecule has 3 rings (SSSR count). The van der Waals surface area contributed by atoms with Crippen LogP contribution in [0.25, 0.3) is 12.2 Å². The van der Waals surface area contributed by atoms with Gasteiger partial charge in [0.25, 0.3) is 0 Å². The fourth-order valence-electron chi connectivity index (χ4n) is 3.69. The summed E-state index contributed by atoms with van der Waals surface area (Å²) in [5.74, 6) is 3.03. The molecule has 8 heteroatoms. The van der Waals surface area contributed by atoms with Gasteiger partial charge in [-0.1, -0.05) is 24.3 Å². The molecule has 1 N–H and O–H groups in total. The van der Waals surface area contributed by atoms with Crippen molar-refractivity contribution in [3.05, 3.63) is 77.5 Å². The third kappa shape index (κ3) is 6.35. The molecule has 0 unspecified atom stereocenters. The molecule has 3 aromatic carbocycles. The van der Waals surface area contributed by atoms with Gasteiger partial charge in [0.2, 0.25) is 5.75 Å². The number of hydrogen-bond donors (Lipinski definition) is 1. The van der Waals surface area contributed by atoms with Crippen LogP contribution in [0.1, 0.15) is 21.5 Å². The minimum Gasteiger partial charge on any atom is -0.496 e. The molecule has 0 aromatic heterocycles. The normalized spacial score (nSPS) is 10.9. The van der Waals surface area contributed by atoms with Gasteiger partial charge in [-0.3, -0.25) is 4.79 Å². The first kappa shape index (κ1) is 27.0. The van der Waals surface area contributed by atoms with Crippen molar-refractivity contribution in [1.29, 1.82) is 0 Å². The average Bonchev–Trinajstić information content (AvgIpc) is 2.95. The van der Waals surface area contributed by atoms with Crippen LogP contribution in [0.2, 0.25) is 0 Å². The van der Waals surface area contributed by atoms with Crippen molar-refractivity contribution in [3.63, 3.8) is 0 Å². The second kappa shape index (κ2) is 12.9. The number of para-hydroxylation sites is 1. The smallest absolute Gasteiger partial charge is 0.203 e. The van der Waals surface area contributed by atoms with Gasteiger partial charge in [0, 0.05) is 29.6 Å². The molecular weight excluding hydrogens is 474 g/mol. The fourth-order valence-corrected chi connectivity index (χ4v) is 3.69. The lowest BCUT2D eigenvalue weighted by Gasteiger charge is -2.14. The van der Waals surface area contributed by atoms with Gasteiger partial charge in [-0.05, 0) is 35.9 Å². The molecule has 0 atom stereocenters. The highest BCUT2D eigenvalue weighted by Crippen LogP contribution is 2.39. The average molecular weight is 506 g/mol. The molecule has 0 aliphatic rings. The standard InChI is InChI=1S/C29H31NO7/c1-32-24-10-8-7-9-21(24)23(31)13-14-30-22-18-26(34-3)25(33-2)17-20(22)12-11-19-15-27(35-4)29(37-6)28(16-19)36-5/h7-18,30H,1-6H3/b12-11-,14-13-. The summed E-state index contributed by atoms with van der Waals surface area (Å²) in [7, 11) is 9.37. The fraction of sp³-hybridized carbons (Fsp3) is 0.207. The molecular formula is C29H31NO7. The van der Waals surface area contributed by atoms with Crippen LogP contribution in [0.5, 0.6) is 34.5 Å². The van der Waals surface area contributed by atoms with Crippen LogP contribution in [0.15, 0.2) is 60.8 Å². The van der Waals surface area contributed by atoms with Crippen LogP contribution < -0.4 is 33.7 Å². The number of hydrogen-bond acceptors (Lipinski definition) is 8. The van der Waals surface area contributed by atoms with Gasteiger partial charge in [-0.2, -0.15) is 0 Å². The van der Waals surface area contributed by atoms with Gasteiger partial charge in [0.15, 0.2) is 28.8 Å². The second-order valence-corrected chi connectivity index (χ2v) is 7.63. The van der Waals surface area contributed by atoms with E-state index in [0.717, 1.165) is 11.1 Å². The summed E-state index contributed by atoms with van der Waals surface area (Å²) in [6.07, 6.45) is 6.83. The lowest BCUT2D eigenvalue weighted by molar-refractivity contribution is 0.104. The Morgan fingerprint density at radius 1 is 0.676 bits per heavy atom. The van der Waals surface area contributed by atoms with Gasteiger partial charge < -0.3 is 33.7 Å². The molecule has 37 heavy (non-hydrogen) atoms. The first-order valence-electron chi connectivity index (χ1n) is 11.3. The third-order valence-corrected chi connectivity index (χ3v) is 5.54. The van der Waals surface area contributed by atoms with E-state index >= 15 is 0 Å². The second-order valence-electron chi connectivity index (χ2n) is 7.63. The molecule has 0 aliphatic heterocycles. The van der Waals surface area contributed by atoms with E-state index in [0.29, 0.717) is 45.7 Å². The van der Waals surface area contributed by atoms with Gasteiger partial charge in [0.05, 0.1) is 48.2 Å². The molecule has 0 heterocycles. The maximum absolute atomic E-state index is 12.7. The van der Waals surface area contributed by atoms with E-state index in [4.69, 9.17) is 28.4 Å². The zero-order valence-corrected chi connectivity index (χ0v) is 21.8. The molecule has 0 saturated carbocycles. The summed E-state index contributed by atoms with van der Waals surface area (Å²) in [5.41, 5.74) is 2.79. The number of nitrogens with one attached hydrogen (secondary N) is 1. The molecule has 0 bridgehead atoms. The summed E-state index contributed by atoms with van der Waals surface area (Å²) in [6, 6.07) is 14.4. The number of carbonyl (C=O) groups excluding carboxylic acids is 1. The minimum absolute atomic E-state index is 0.194. The minimum atomic E-state index is -0.194. The van der Waals surface area contributed by atoms with Crippen molar-refractivity contribution in [2.45, 2.75) is 0 Å². The molecule has 0 amide bonds. The number of carbonyl (C=O) groups is 1. The van der Waals surface area contributed by atoms with Crippen LogP contribution in [-0.2, 0) is 0 Å². The van der Waals surface area contributed by atoms with Gasteiger partial charge >= 0.3 is 0 Å². The van der Waals surface area contributed by atoms with Crippen molar-refractivity contribution in [3.8, 4) is 34.5 Å². The summed E-state index contributed by atoms with van der Waals surface area (Å²) in [5, 5.41) is 3.18. The number of rotatable bonds is 12. The summed E-state index contributed by atoms with van der Waals surface area (Å²) >= 11 is 0. The Bertz CT molecular complexity index is 1270. The quantitative estimate of drug-likeness (QED) is 0.190. The predicted octanol–water partition coefficient (Wildman–Crippen LogP) is 5.72. The Morgan fingerprint density at radius 2 is 1.27 bits per heavy atom. The van der Waals surface area contributed by atoms with Crippen LogP contribution in [0, 0.1) is 0 Å². The number of ketones is 1. The van der Waals surface area contributed by atoms with E-state index in [1.165, 1.54) is 13.2 Å². The first-order chi connectivity index (χ1) is 18.0. The lowest BCUT2D eigenvalue weighted by Crippen LogP contribution is -2.00. The first-order valence-corrected chi connectivity index (χ1v) is 11.3.